The monoisotopic (exact) mass is 226 g/mol. The van der Waals surface area contributed by atoms with Gasteiger partial charge in [0.2, 0.25) is 0 Å². The molecule has 0 aromatic carbocycles. The zero-order valence-corrected chi connectivity index (χ0v) is 9.09. The standard InChI is InChI=1S/C8H14N6O2/c1-13-7(10-11-12-13)6-9-8(15)14-2-4-16-5-3-14/h2-6H2,1H3,(H,9,15). The molecule has 1 N–H and O–H groups in total. The van der Waals surface area contributed by atoms with Crippen LogP contribution >= 0.6 is 0 Å². The molecule has 0 saturated carbocycles. The average molecular weight is 226 g/mol. The summed E-state index contributed by atoms with van der Waals surface area (Å²) in [6.45, 7) is 2.78. The van der Waals surface area contributed by atoms with Crippen LogP contribution in [0.4, 0.5) is 4.79 Å². The summed E-state index contributed by atoms with van der Waals surface area (Å²) < 4.78 is 6.69. The quantitative estimate of drug-likeness (QED) is 0.681. The third kappa shape index (κ3) is 2.45. The van der Waals surface area contributed by atoms with Crippen molar-refractivity contribution < 1.29 is 9.53 Å². The highest BCUT2D eigenvalue weighted by atomic mass is 16.5. The van der Waals surface area contributed by atoms with E-state index in [9.17, 15) is 4.79 Å². The van der Waals surface area contributed by atoms with Gasteiger partial charge in [0, 0.05) is 20.1 Å². The summed E-state index contributed by atoms with van der Waals surface area (Å²) in [6.07, 6.45) is 0. The number of urea groups is 1. The van der Waals surface area contributed by atoms with Crippen LogP contribution in [-0.4, -0.2) is 57.4 Å². The van der Waals surface area contributed by atoms with E-state index in [0.717, 1.165) is 0 Å². The smallest absolute Gasteiger partial charge is 0.317 e. The molecular formula is C8H14N6O2. The Morgan fingerprint density at radius 3 is 2.88 bits per heavy atom. The third-order valence-electron chi connectivity index (χ3n) is 2.40. The summed E-state index contributed by atoms with van der Waals surface area (Å²) in [4.78, 5) is 13.4. The van der Waals surface area contributed by atoms with Gasteiger partial charge in [0.15, 0.2) is 5.82 Å². The van der Waals surface area contributed by atoms with Gasteiger partial charge >= 0.3 is 6.03 Å². The fourth-order valence-electron chi connectivity index (χ4n) is 1.43. The molecule has 2 amide bonds. The Morgan fingerprint density at radius 1 is 1.50 bits per heavy atom. The number of hydrogen-bond acceptors (Lipinski definition) is 5. The van der Waals surface area contributed by atoms with Crippen molar-refractivity contribution in [1.29, 1.82) is 0 Å². The first-order chi connectivity index (χ1) is 7.77. The van der Waals surface area contributed by atoms with E-state index in [1.54, 1.807) is 11.9 Å². The van der Waals surface area contributed by atoms with E-state index >= 15 is 0 Å². The Kier molecular flexibility index (Phi) is 3.30. The predicted molar refractivity (Wildman–Crippen MR) is 53.4 cm³/mol. The maximum absolute atomic E-state index is 11.7. The van der Waals surface area contributed by atoms with Crippen LogP contribution in [-0.2, 0) is 18.3 Å². The molecule has 1 aliphatic rings. The molecule has 0 radical (unpaired) electrons. The summed E-state index contributed by atoms with van der Waals surface area (Å²) in [7, 11) is 1.73. The lowest BCUT2D eigenvalue weighted by molar-refractivity contribution is 0.0531. The van der Waals surface area contributed by atoms with Crippen molar-refractivity contribution in [2.24, 2.45) is 7.05 Å². The van der Waals surface area contributed by atoms with Crippen LogP contribution in [0, 0.1) is 0 Å². The number of carbonyl (C=O) groups excluding carboxylic acids is 1. The molecule has 2 heterocycles. The fraction of sp³-hybridized carbons (Fsp3) is 0.750. The number of ether oxygens (including phenoxy) is 1. The number of morpholine rings is 1. The first-order valence-corrected chi connectivity index (χ1v) is 5.09. The Morgan fingerprint density at radius 2 is 2.25 bits per heavy atom. The highest BCUT2D eigenvalue weighted by Crippen LogP contribution is 1.97. The summed E-state index contributed by atoms with van der Waals surface area (Å²) in [5.74, 6) is 0.626. The number of amides is 2. The van der Waals surface area contributed by atoms with Crippen LogP contribution in [0.5, 0.6) is 0 Å². The van der Waals surface area contributed by atoms with Gasteiger partial charge in [0.1, 0.15) is 0 Å². The molecule has 1 fully saturated rings. The minimum Gasteiger partial charge on any atom is -0.378 e. The fourth-order valence-corrected chi connectivity index (χ4v) is 1.43. The van der Waals surface area contributed by atoms with Crippen LogP contribution in [0.2, 0.25) is 0 Å². The third-order valence-corrected chi connectivity index (χ3v) is 2.40. The molecule has 0 aliphatic carbocycles. The topological polar surface area (TPSA) is 85.2 Å². The van der Waals surface area contributed by atoms with Crippen LogP contribution in [0.25, 0.3) is 0 Å². The van der Waals surface area contributed by atoms with Crippen LogP contribution < -0.4 is 5.32 Å². The SMILES string of the molecule is Cn1nnnc1CNC(=O)N1CCOCC1. The molecule has 88 valence electrons. The van der Waals surface area contributed by atoms with E-state index in [1.807, 2.05) is 0 Å². The molecule has 0 bridgehead atoms. The zero-order valence-electron chi connectivity index (χ0n) is 9.09. The maximum Gasteiger partial charge on any atom is 0.317 e. The minimum absolute atomic E-state index is 0.105. The highest BCUT2D eigenvalue weighted by molar-refractivity contribution is 5.74. The molecule has 2 rings (SSSR count). The summed E-state index contributed by atoms with van der Waals surface area (Å²) in [6, 6.07) is -0.105. The number of aryl methyl sites for hydroxylation is 1. The minimum atomic E-state index is -0.105. The molecular weight excluding hydrogens is 212 g/mol. The molecule has 0 spiro atoms. The second kappa shape index (κ2) is 4.88. The second-order valence-corrected chi connectivity index (χ2v) is 3.48. The second-order valence-electron chi connectivity index (χ2n) is 3.48. The Hall–Kier alpha value is -1.70. The van der Waals surface area contributed by atoms with Gasteiger partial charge in [-0.1, -0.05) is 0 Å². The molecule has 8 heteroatoms. The normalized spacial score (nSPS) is 16.2. The largest absolute Gasteiger partial charge is 0.378 e. The van der Waals surface area contributed by atoms with Crippen molar-refractivity contribution in [2.45, 2.75) is 6.54 Å². The van der Waals surface area contributed by atoms with Gasteiger partial charge in [-0.15, -0.1) is 5.10 Å². The Labute approximate surface area is 92.5 Å². The van der Waals surface area contributed by atoms with E-state index in [0.29, 0.717) is 38.7 Å². The number of rotatable bonds is 2. The summed E-state index contributed by atoms with van der Waals surface area (Å²) >= 11 is 0. The molecule has 1 aromatic heterocycles. The lowest BCUT2D eigenvalue weighted by atomic mass is 10.4. The van der Waals surface area contributed by atoms with Gasteiger partial charge in [0.25, 0.3) is 0 Å². The van der Waals surface area contributed by atoms with Gasteiger partial charge in [0.05, 0.1) is 19.8 Å². The summed E-state index contributed by atoms with van der Waals surface area (Å²) in [5.41, 5.74) is 0. The molecule has 1 aliphatic heterocycles. The van der Waals surface area contributed by atoms with Gasteiger partial charge in [-0.3, -0.25) is 0 Å². The number of aromatic nitrogens is 4. The number of nitrogens with zero attached hydrogens (tertiary/aromatic N) is 5. The Balaban J connectivity index is 1.81. The van der Waals surface area contributed by atoms with Crippen LogP contribution in [0.3, 0.4) is 0 Å². The van der Waals surface area contributed by atoms with Crippen molar-refractivity contribution in [2.75, 3.05) is 26.3 Å². The van der Waals surface area contributed by atoms with E-state index in [4.69, 9.17) is 4.74 Å². The lowest BCUT2D eigenvalue weighted by Gasteiger charge is -2.26. The molecule has 8 nitrogen and oxygen atoms in total. The van der Waals surface area contributed by atoms with E-state index in [2.05, 4.69) is 20.8 Å². The highest BCUT2D eigenvalue weighted by Gasteiger charge is 2.16. The summed E-state index contributed by atoms with van der Waals surface area (Å²) in [5, 5.41) is 13.7. The lowest BCUT2D eigenvalue weighted by Crippen LogP contribution is -2.46. The van der Waals surface area contributed by atoms with Crippen LogP contribution in [0.15, 0.2) is 0 Å². The molecule has 1 aromatic rings. The molecule has 0 unspecified atom stereocenters. The van der Waals surface area contributed by atoms with Crippen molar-refractivity contribution >= 4 is 6.03 Å². The van der Waals surface area contributed by atoms with Gasteiger partial charge < -0.3 is 15.0 Å². The zero-order chi connectivity index (χ0) is 11.4. The molecule has 0 atom stereocenters. The van der Waals surface area contributed by atoms with Crippen molar-refractivity contribution in [3.63, 3.8) is 0 Å². The number of hydrogen-bond donors (Lipinski definition) is 1. The predicted octanol–water partition coefficient (Wildman–Crippen LogP) is -1.25. The number of carbonyl (C=O) groups is 1. The van der Waals surface area contributed by atoms with Gasteiger partial charge in [-0.05, 0) is 10.4 Å². The van der Waals surface area contributed by atoms with Crippen molar-refractivity contribution in [1.82, 2.24) is 30.4 Å². The first-order valence-electron chi connectivity index (χ1n) is 5.09. The van der Waals surface area contributed by atoms with E-state index in [-0.39, 0.29) is 6.03 Å². The maximum atomic E-state index is 11.7. The van der Waals surface area contributed by atoms with E-state index < -0.39 is 0 Å². The van der Waals surface area contributed by atoms with Gasteiger partial charge in [-0.25, -0.2) is 9.48 Å². The number of nitrogens with one attached hydrogen (secondary N) is 1. The molecule has 16 heavy (non-hydrogen) atoms. The Bertz CT molecular complexity index is 359. The van der Waals surface area contributed by atoms with Crippen LogP contribution in [0.1, 0.15) is 5.82 Å². The molecule has 1 saturated heterocycles. The average Bonchev–Trinajstić information content (AvgIpc) is 2.73. The van der Waals surface area contributed by atoms with E-state index in [1.165, 1.54) is 4.68 Å². The van der Waals surface area contributed by atoms with Crippen molar-refractivity contribution in [3.05, 3.63) is 5.82 Å². The van der Waals surface area contributed by atoms with Gasteiger partial charge in [-0.2, -0.15) is 0 Å². The first kappa shape index (κ1) is 10.8. The number of tetrazole rings is 1. The van der Waals surface area contributed by atoms with Crippen molar-refractivity contribution in [3.8, 4) is 0 Å².